The Hall–Kier alpha value is -0.860. The van der Waals surface area contributed by atoms with E-state index < -0.39 is 0 Å². The zero-order chi connectivity index (χ0) is 9.97. The van der Waals surface area contributed by atoms with Crippen LogP contribution in [0.1, 0.15) is 12.8 Å². The highest BCUT2D eigenvalue weighted by atomic mass is 35.5. The Kier molecular flexibility index (Phi) is 2.85. The van der Waals surface area contributed by atoms with Crippen LogP contribution >= 0.6 is 11.6 Å². The number of nitrogens with one attached hydrogen (secondary N) is 1. The zero-order valence-corrected chi connectivity index (χ0v) is 8.93. The zero-order valence-electron chi connectivity index (χ0n) is 8.18. The summed E-state index contributed by atoms with van der Waals surface area (Å²) in [5.41, 5.74) is 3.67. The van der Waals surface area contributed by atoms with Crippen LogP contribution < -0.4 is 5.32 Å². The van der Waals surface area contributed by atoms with Crippen LogP contribution in [0, 0.1) is 0 Å². The molecule has 2 rings (SSSR count). The summed E-state index contributed by atoms with van der Waals surface area (Å²) in [7, 11) is 1.96. The third kappa shape index (κ3) is 1.81. The molecular weight excluding hydrogens is 196 g/mol. The number of hydrogen-bond donors (Lipinski definition) is 1. The molecule has 0 bridgehead atoms. The molecule has 14 heavy (non-hydrogen) atoms. The Morgan fingerprint density at radius 2 is 2.43 bits per heavy atom. The maximum Gasteiger partial charge on any atom is 0.0518 e. The van der Waals surface area contributed by atoms with Crippen LogP contribution in [0.3, 0.4) is 0 Å². The Morgan fingerprint density at radius 1 is 1.57 bits per heavy atom. The van der Waals surface area contributed by atoms with Crippen LogP contribution in [0.25, 0.3) is 0 Å². The van der Waals surface area contributed by atoms with Gasteiger partial charge in [-0.2, -0.15) is 0 Å². The first kappa shape index (κ1) is 9.69. The lowest BCUT2D eigenvalue weighted by atomic mass is 9.96. The van der Waals surface area contributed by atoms with E-state index in [1.54, 1.807) is 0 Å². The molecule has 0 aromatic rings. The van der Waals surface area contributed by atoms with Gasteiger partial charge in [-0.25, -0.2) is 0 Å². The molecule has 1 aliphatic carbocycles. The molecule has 0 spiro atoms. The molecule has 0 unspecified atom stereocenters. The topological polar surface area (TPSA) is 24.4 Å². The molecule has 0 saturated heterocycles. The molecule has 1 N–H and O–H groups in total. The second-order valence-corrected chi connectivity index (χ2v) is 3.87. The predicted octanol–water partition coefficient (Wildman–Crippen LogP) is 2.39. The maximum absolute atomic E-state index is 5.97. The lowest BCUT2D eigenvalue weighted by molar-refractivity contribution is 0.792. The van der Waals surface area contributed by atoms with E-state index in [0.717, 1.165) is 30.1 Å². The lowest BCUT2D eigenvalue weighted by Gasteiger charge is -2.11. The third-order valence-corrected chi connectivity index (χ3v) is 2.71. The largest absolute Gasteiger partial charge is 0.319 e. The van der Waals surface area contributed by atoms with Gasteiger partial charge in [0, 0.05) is 23.2 Å². The molecule has 1 heterocycles. The van der Waals surface area contributed by atoms with Crippen LogP contribution in [0.15, 0.2) is 39.5 Å². The monoisotopic (exact) mass is 208 g/mol. The maximum atomic E-state index is 5.97. The van der Waals surface area contributed by atoms with Crippen molar-refractivity contribution >= 4 is 17.3 Å². The second kappa shape index (κ2) is 4.11. The highest BCUT2D eigenvalue weighted by molar-refractivity contribution is 6.32. The fourth-order valence-electron chi connectivity index (χ4n) is 1.67. The molecule has 0 atom stereocenters. The van der Waals surface area contributed by atoms with Gasteiger partial charge < -0.3 is 5.32 Å². The van der Waals surface area contributed by atoms with Crippen molar-refractivity contribution in [3.05, 3.63) is 34.5 Å². The minimum Gasteiger partial charge on any atom is -0.319 e. The van der Waals surface area contributed by atoms with Crippen LogP contribution in [-0.4, -0.2) is 19.3 Å². The molecule has 74 valence electrons. The van der Waals surface area contributed by atoms with E-state index in [9.17, 15) is 0 Å². The SMILES string of the molecule is CNCCC1=CN=C2CC=C(Cl)C=C12. The molecule has 0 radical (unpaired) electrons. The van der Waals surface area contributed by atoms with Gasteiger partial charge in [-0.1, -0.05) is 17.7 Å². The van der Waals surface area contributed by atoms with Gasteiger partial charge in [0.05, 0.1) is 5.71 Å². The average Bonchev–Trinajstić information content (AvgIpc) is 2.57. The highest BCUT2D eigenvalue weighted by Gasteiger charge is 2.19. The minimum atomic E-state index is 0.830. The molecular formula is C11H13ClN2. The summed E-state index contributed by atoms with van der Waals surface area (Å²) in [4.78, 5) is 4.38. The minimum absolute atomic E-state index is 0.830. The van der Waals surface area contributed by atoms with Gasteiger partial charge in [-0.3, -0.25) is 4.99 Å². The summed E-state index contributed by atoms with van der Waals surface area (Å²) in [6.07, 6.45) is 7.85. The van der Waals surface area contributed by atoms with Crippen LogP contribution in [-0.2, 0) is 0 Å². The number of allylic oxidation sites excluding steroid dienone is 4. The van der Waals surface area contributed by atoms with Gasteiger partial charge in [0.2, 0.25) is 0 Å². The van der Waals surface area contributed by atoms with Gasteiger partial charge in [-0.05, 0) is 31.7 Å². The first-order valence-electron chi connectivity index (χ1n) is 4.79. The van der Waals surface area contributed by atoms with Gasteiger partial charge in [0.25, 0.3) is 0 Å². The summed E-state index contributed by atoms with van der Waals surface area (Å²) in [6, 6.07) is 0. The summed E-state index contributed by atoms with van der Waals surface area (Å²) >= 11 is 5.97. The number of hydrogen-bond acceptors (Lipinski definition) is 2. The third-order valence-electron chi connectivity index (χ3n) is 2.45. The van der Waals surface area contributed by atoms with E-state index in [2.05, 4.69) is 10.3 Å². The highest BCUT2D eigenvalue weighted by Crippen LogP contribution is 2.29. The molecule has 0 aromatic carbocycles. The van der Waals surface area contributed by atoms with Crippen molar-refractivity contribution in [1.82, 2.24) is 5.32 Å². The Labute approximate surface area is 89.1 Å². The first-order chi connectivity index (χ1) is 6.81. The van der Waals surface area contributed by atoms with Crippen molar-refractivity contribution in [3.8, 4) is 0 Å². The fourth-order valence-corrected chi connectivity index (χ4v) is 1.86. The Bertz CT molecular complexity index is 361. The lowest BCUT2D eigenvalue weighted by Crippen LogP contribution is -2.11. The van der Waals surface area contributed by atoms with Crippen molar-refractivity contribution in [2.24, 2.45) is 4.99 Å². The van der Waals surface area contributed by atoms with Crippen LogP contribution in [0.5, 0.6) is 0 Å². The van der Waals surface area contributed by atoms with Crippen molar-refractivity contribution in [3.63, 3.8) is 0 Å². The number of halogens is 1. The molecule has 2 nitrogen and oxygen atoms in total. The predicted molar refractivity (Wildman–Crippen MR) is 60.7 cm³/mol. The quantitative estimate of drug-likeness (QED) is 0.757. The van der Waals surface area contributed by atoms with Gasteiger partial charge in [0.1, 0.15) is 0 Å². The van der Waals surface area contributed by atoms with Crippen molar-refractivity contribution < 1.29 is 0 Å². The van der Waals surface area contributed by atoms with Gasteiger partial charge in [-0.15, -0.1) is 0 Å². The molecule has 1 aliphatic heterocycles. The molecule has 2 aliphatic rings. The number of rotatable bonds is 3. The number of fused-ring (bicyclic) bond motifs is 1. The first-order valence-corrected chi connectivity index (χ1v) is 5.17. The van der Waals surface area contributed by atoms with Gasteiger partial charge >= 0.3 is 0 Å². The summed E-state index contributed by atoms with van der Waals surface area (Å²) in [6.45, 7) is 0.979. The fraction of sp³-hybridized carbons (Fsp3) is 0.364. The van der Waals surface area contributed by atoms with Gasteiger partial charge in [0.15, 0.2) is 0 Å². The number of nitrogens with zero attached hydrogens (tertiary/aromatic N) is 1. The number of aliphatic imine (C=N–C) groups is 1. The summed E-state index contributed by atoms with van der Waals surface area (Å²) < 4.78 is 0. The standard InChI is InChI=1S/C11H13ClN2/c1-13-5-4-8-7-14-11-3-2-9(12)6-10(8)11/h2,6-7,13H,3-5H2,1H3. The van der Waals surface area contributed by atoms with Crippen LogP contribution in [0.2, 0.25) is 0 Å². The Morgan fingerprint density at radius 3 is 3.21 bits per heavy atom. The van der Waals surface area contributed by atoms with E-state index in [1.165, 1.54) is 11.1 Å². The normalized spacial score (nSPS) is 19.6. The Balaban J connectivity index is 2.13. The van der Waals surface area contributed by atoms with E-state index in [0.29, 0.717) is 0 Å². The molecule has 0 fully saturated rings. The van der Waals surface area contributed by atoms with E-state index in [1.807, 2.05) is 25.4 Å². The average molecular weight is 209 g/mol. The molecule has 0 saturated carbocycles. The van der Waals surface area contributed by atoms with Crippen molar-refractivity contribution in [1.29, 1.82) is 0 Å². The summed E-state index contributed by atoms with van der Waals surface area (Å²) in [5.74, 6) is 0. The van der Waals surface area contributed by atoms with Crippen molar-refractivity contribution in [2.45, 2.75) is 12.8 Å². The van der Waals surface area contributed by atoms with Crippen LogP contribution in [0.4, 0.5) is 0 Å². The molecule has 0 amide bonds. The van der Waals surface area contributed by atoms with Crippen molar-refractivity contribution in [2.75, 3.05) is 13.6 Å². The van der Waals surface area contributed by atoms with E-state index in [-0.39, 0.29) is 0 Å². The van der Waals surface area contributed by atoms with E-state index in [4.69, 9.17) is 11.6 Å². The molecule has 3 heteroatoms. The summed E-state index contributed by atoms with van der Waals surface area (Å²) in [5, 5.41) is 3.96. The molecule has 0 aromatic heterocycles. The smallest absolute Gasteiger partial charge is 0.0518 e. The van der Waals surface area contributed by atoms with E-state index >= 15 is 0 Å². The second-order valence-electron chi connectivity index (χ2n) is 3.43.